The van der Waals surface area contributed by atoms with Crippen LogP contribution in [0.5, 0.6) is 5.75 Å². The highest BCUT2D eigenvalue weighted by Crippen LogP contribution is 2.31. The number of benzene rings is 1. The third-order valence-corrected chi connectivity index (χ3v) is 5.97. The number of ether oxygens (including phenoxy) is 1. The maximum absolute atomic E-state index is 9.48. The van der Waals surface area contributed by atoms with Gasteiger partial charge in [0.2, 0.25) is 0 Å². The Bertz CT molecular complexity index is 537. The highest BCUT2D eigenvalue weighted by atomic mass is 17.2. The molecule has 4 heteroatoms. The van der Waals surface area contributed by atoms with Crippen molar-refractivity contribution in [2.45, 2.75) is 84.2 Å². The van der Waals surface area contributed by atoms with Crippen LogP contribution in [0.15, 0.2) is 18.2 Å². The van der Waals surface area contributed by atoms with E-state index in [1.54, 1.807) is 7.11 Å². The predicted octanol–water partition coefficient (Wildman–Crippen LogP) is 5.50. The molecule has 0 amide bonds. The molecule has 4 nitrogen and oxygen atoms in total. The largest absolute Gasteiger partial charge is 0.396 e. The summed E-state index contributed by atoms with van der Waals surface area (Å²) in [6.45, 7) is 5.11. The summed E-state index contributed by atoms with van der Waals surface area (Å²) in [4.78, 5) is 11.6. The predicted molar refractivity (Wildman–Crippen MR) is 114 cm³/mol. The zero-order chi connectivity index (χ0) is 20.2. The molecule has 1 aliphatic carbocycles. The molecule has 0 heterocycles. The van der Waals surface area contributed by atoms with Gasteiger partial charge in [-0.3, -0.25) is 0 Å². The SMILES string of the molecule is CCCCCC1CCC(OOc2ccc(CC(CO)COC)cc2CC)CC1. The van der Waals surface area contributed by atoms with Crippen molar-refractivity contribution in [3.8, 4) is 5.75 Å². The van der Waals surface area contributed by atoms with Crippen molar-refractivity contribution in [2.75, 3.05) is 20.3 Å². The van der Waals surface area contributed by atoms with Gasteiger partial charge in [-0.05, 0) is 61.6 Å². The van der Waals surface area contributed by atoms with E-state index in [1.807, 2.05) is 6.07 Å². The van der Waals surface area contributed by atoms with Gasteiger partial charge in [0.05, 0.1) is 6.61 Å². The van der Waals surface area contributed by atoms with E-state index in [1.165, 1.54) is 44.1 Å². The lowest BCUT2D eigenvalue weighted by Crippen LogP contribution is -2.23. The first kappa shape index (κ1) is 23.2. The smallest absolute Gasteiger partial charge is 0.168 e. The molecule has 160 valence electrons. The molecular weight excluding hydrogens is 352 g/mol. The van der Waals surface area contributed by atoms with E-state index in [0.29, 0.717) is 6.61 Å². The lowest BCUT2D eigenvalue weighted by molar-refractivity contribution is -0.253. The van der Waals surface area contributed by atoms with E-state index in [4.69, 9.17) is 14.5 Å². The van der Waals surface area contributed by atoms with Crippen molar-refractivity contribution in [2.24, 2.45) is 11.8 Å². The Morgan fingerprint density at radius 2 is 1.89 bits per heavy atom. The van der Waals surface area contributed by atoms with Crippen molar-refractivity contribution >= 4 is 0 Å². The minimum atomic E-state index is 0.130. The Labute approximate surface area is 171 Å². The molecule has 0 aromatic heterocycles. The summed E-state index contributed by atoms with van der Waals surface area (Å²) in [5, 5.41) is 9.48. The van der Waals surface area contributed by atoms with Crippen LogP contribution in [0.4, 0.5) is 0 Å². The van der Waals surface area contributed by atoms with Crippen molar-refractivity contribution in [1.82, 2.24) is 0 Å². The minimum absolute atomic E-state index is 0.130. The van der Waals surface area contributed by atoms with Gasteiger partial charge in [0.1, 0.15) is 6.10 Å². The van der Waals surface area contributed by atoms with Crippen LogP contribution >= 0.6 is 0 Å². The fraction of sp³-hybridized carbons (Fsp3) is 0.750. The third kappa shape index (κ3) is 7.73. The molecule has 1 saturated carbocycles. The first-order chi connectivity index (χ1) is 13.7. The van der Waals surface area contributed by atoms with Crippen LogP contribution in [0.1, 0.15) is 76.3 Å². The van der Waals surface area contributed by atoms with E-state index in [-0.39, 0.29) is 18.6 Å². The topological polar surface area (TPSA) is 47.9 Å². The second-order valence-electron chi connectivity index (χ2n) is 8.32. The van der Waals surface area contributed by atoms with E-state index >= 15 is 0 Å². The molecule has 0 saturated heterocycles. The summed E-state index contributed by atoms with van der Waals surface area (Å²) in [5.41, 5.74) is 2.35. The molecule has 2 rings (SSSR count). The monoisotopic (exact) mass is 392 g/mol. The highest BCUT2D eigenvalue weighted by molar-refractivity contribution is 5.37. The highest BCUT2D eigenvalue weighted by Gasteiger charge is 2.23. The zero-order valence-corrected chi connectivity index (χ0v) is 18.1. The van der Waals surface area contributed by atoms with E-state index in [0.717, 1.165) is 42.9 Å². The van der Waals surface area contributed by atoms with Crippen LogP contribution in [0.3, 0.4) is 0 Å². The lowest BCUT2D eigenvalue weighted by Gasteiger charge is -2.27. The summed E-state index contributed by atoms with van der Waals surface area (Å²) >= 11 is 0. The molecule has 1 aromatic rings. The van der Waals surface area contributed by atoms with Crippen LogP contribution in [0, 0.1) is 11.8 Å². The van der Waals surface area contributed by atoms with Gasteiger partial charge >= 0.3 is 0 Å². The molecule has 28 heavy (non-hydrogen) atoms. The Balaban J connectivity index is 1.81. The number of aryl methyl sites for hydroxylation is 1. The molecular formula is C24H40O4. The second-order valence-corrected chi connectivity index (χ2v) is 8.32. The maximum atomic E-state index is 9.48. The number of hydrogen-bond donors (Lipinski definition) is 1. The Morgan fingerprint density at radius 1 is 1.11 bits per heavy atom. The quantitative estimate of drug-likeness (QED) is 0.274. The average Bonchev–Trinajstić information content (AvgIpc) is 2.73. The van der Waals surface area contributed by atoms with Gasteiger partial charge in [0.15, 0.2) is 5.75 Å². The first-order valence-corrected chi connectivity index (χ1v) is 11.2. The van der Waals surface area contributed by atoms with Crippen molar-refractivity contribution < 1.29 is 19.6 Å². The van der Waals surface area contributed by atoms with Gasteiger partial charge in [-0.15, -0.1) is 0 Å². The molecule has 0 radical (unpaired) electrons. The number of aliphatic hydroxyl groups is 1. The number of aliphatic hydroxyl groups excluding tert-OH is 1. The number of methoxy groups -OCH3 is 1. The summed E-state index contributed by atoms with van der Waals surface area (Å²) in [6, 6.07) is 6.24. The summed E-state index contributed by atoms with van der Waals surface area (Å²) < 4.78 is 5.18. The third-order valence-electron chi connectivity index (χ3n) is 5.97. The Hall–Kier alpha value is -1.10. The molecule has 1 atom stereocenters. The first-order valence-electron chi connectivity index (χ1n) is 11.2. The van der Waals surface area contributed by atoms with E-state index < -0.39 is 0 Å². The van der Waals surface area contributed by atoms with Gasteiger partial charge in [-0.25, -0.2) is 0 Å². The van der Waals surface area contributed by atoms with Crippen LogP contribution in [-0.2, 0) is 22.5 Å². The average molecular weight is 393 g/mol. The number of rotatable bonds is 13. The second kappa shape index (κ2) is 13.2. The molecule has 1 N–H and O–H groups in total. The molecule has 0 aliphatic heterocycles. The van der Waals surface area contributed by atoms with Gasteiger partial charge in [-0.2, -0.15) is 4.89 Å². The van der Waals surface area contributed by atoms with Crippen LogP contribution in [0.25, 0.3) is 0 Å². The van der Waals surface area contributed by atoms with Crippen molar-refractivity contribution in [1.29, 1.82) is 0 Å². The fourth-order valence-corrected chi connectivity index (χ4v) is 4.18. The van der Waals surface area contributed by atoms with Gasteiger partial charge < -0.3 is 14.7 Å². The standard InChI is InChI=1S/C24H40O4/c1-4-6-7-8-19-9-12-23(13-10-19)27-28-24-14-11-20(16-22(24)5-2)15-21(17-25)18-26-3/h11,14,16,19,21,23,25H,4-10,12-13,15,17-18H2,1-3H3. The van der Waals surface area contributed by atoms with Gasteiger partial charge in [0, 0.05) is 19.6 Å². The molecule has 1 aromatic carbocycles. The van der Waals surface area contributed by atoms with Gasteiger partial charge in [0.25, 0.3) is 0 Å². The molecule has 1 unspecified atom stereocenters. The van der Waals surface area contributed by atoms with Gasteiger partial charge in [-0.1, -0.05) is 51.7 Å². The van der Waals surface area contributed by atoms with Crippen LogP contribution in [0.2, 0.25) is 0 Å². The summed E-state index contributed by atoms with van der Waals surface area (Å²) in [7, 11) is 1.67. The van der Waals surface area contributed by atoms with Crippen molar-refractivity contribution in [3.63, 3.8) is 0 Å². The molecule has 0 bridgehead atoms. The lowest BCUT2D eigenvalue weighted by atomic mass is 9.84. The fourth-order valence-electron chi connectivity index (χ4n) is 4.18. The zero-order valence-electron chi connectivity index (χ0n) is 18.1. The Morgan fingerprint density at radius 3 is 2.54 bits per heavy atom. The van der Waals surface area contributed by atoms with Crippen LogP contribution in [-0.4, -0.2) is 31.5 Å². The summed E-state index contributed by atoms with van der Waals surface area (Å²) in [5.74, 6) is 1.83. The number of unbranched alkanes of at least 4 members (excludes halogenated alkanes) is 2. The Kier molecular flexibility index (Phi) is 10.9. The van der Waals surface area contributed by atoms with Crippen LogP contribution < -0.4 is 4.89 Å². The minimum Gasteiger partial charge on any atom is -0.396 e. The summed E-state index contributed by atoms with van der Waals surface area (Å²) in [6.07, 6.45) is 12.1. The maximum Gasteiger partial charge on any atom is 0.168 e. The molecule has 1 fully saturated rings. The molecule has 1 aliphatic rings. The normalized spacial score (nSPS) is 20.9. The van der Waals surface area contributed by atoms with E-state index in [9.17, 15) is 5.11 Å². The number of hydrogen-bond acceptors (Lipinski definition) is 4. The van der Waals surface area contributed by atoms with E-state index in [2.05, 4.69) is 26.0 Å². The van der Waals surface area contributed by atoms with Crippen molar-refractivity contribution in [3.05, 3.63) is 29.3 Å². The molecule has 0 spiro atoms.